The van der Waals surface area contributed by atoms with Crippen molar-refractivity contribution in [1.29, 1.82) is 0 Å². The van der Waals surface area contributed by atoms with Crippen LogP contribution in [0, 0.1) is 11.8 Å². The fourth-order valence-electron chi connectivity index (χ4n) is 6.35. The molecule has 11 nitrogen and oxygen atoms in total. The van der Waals surface area contributed by atoms with Gasteiger partial charge in [0.15, 0.2) is 0 Å². The first-order valence-electron chi connectivity index (χ1n) is 16.5. The number of carbonyl (C=O) groups is 2. The van der Waals surface area contributed by atoms with Gasteiger partial charge in [0.05, 0.1) is 31.9 Å². The van der Waals surface area contributed by atoms with Crippen LogP contribution < -0.4 is 15.4 Å². The molecule has 0 saturated carbocycles. The van der Waals surface area contributed by atoms with Crippen molar-refractivity contribution in [3.8, 4) is 0 Å². The number of amides is 2. The summed E-state index contributed by atoms with van der Waals surface area (Å²) in [4.78, 5) is 26.3. The maximum atomic E-state index is 13.5. The molecule has 12 heteroatoms. The number of carbonyl (C=O) groups excluding carboxylic acids is 2. The lowest BCUT2D eigenvalue weighted by atomic mass is 9.80. The molecule has 47 heavy (non-hydrogen) atoms. The molecule has 1 aliphatic carbocycles. The van der Waals surface area contributed by atoms with Crippen LogP contribution in [0.3, 0.4) is 0 Å². The van der Waals surface area contributed by atoms with Gasteiger partial charge in [0.2, 0.25) is 11.8 Å². The van der Waals surface area contributed by atoms with Gasteiger partial charge < -0.3 is 25.6 Å². The summed E-state index contributed by atoms with van der Waals surface area (Å²) in [6.45, 7) is 7.97. The Bertz CT molecular complexity index is 1500. The Hall–Kier alpha value is -3.13. The molecule has 2 amide bonds. The number of hydrogen-bond donors (Lipinski definition) is 5. The number of aliphatic hydroxyl groups is 2. The van der Waals surface area contributed by atoms with Crippen LogP contribution in [0.4, 0.5) is 0 Å². The molecule has 1 aliphatic heterocycles. The van der Waals surface area contributed by atoms with E-state index in [1.165, 1.54) is 32.3 Å². The fraction of sp³-hybridized carbons (Fsp3) is 0.543. The lowest BCUT2D eigenvalue weighted by Crippen LogP contribution is -2.56. The molecule has 2 aromatic carbocycles. The highest BCUT2D eigenvalue weighted by atomic mass is 32.2. The molecule has 1 unspecified atom stereocenters. The first-order chi connectivity index (χ1) is 22.5. The summed E-state index contributed by atoms with van der Waals surface area (Å²) in [7, 11) is -3.89. The summed E-state index contributed by atoms with van der Waals surface area (Å²) in [5, 5.41) is 30.0. The Morgan fingerprint density at radius 2 is 1.81 bits per heavy atom. The number of nitrogens with zero attached hydrogens (tertiary/aromatic N) is 1. The van der Waals surface area contributed by atoms with E-state index in [1.807, 2.05) is 26.0 Å². The molecular formula is C35H50N4O7S. The van der Waals surface area contributed by atoms with Crippen LogP contribution in [0.25, 0.3) is 16.3 Å². The van der Waals surface area contributed by atoms with Gasteiger partial charge in [-0.1, -0.05) is 68.5 Å². The Balaban J connectivity index is 1.42. The zero-order valence-corrected chi connectivity index (χ0v) is 28.3. The number of rotatable bonds is 16. The largest absolute Gasteiger partial charge is 0.390 e. The number of hydrogen-bond acceptors (Lipinski definition) is 7. The van der Waals surface area contributed by atoms with Gasteiger partial charge in [0, 0.05) is 13.1 Å². The second-order valence-corrected chi connectivity index (χ2v) is 14.7. The maximum absolute atomic E-state index is 13.5. The van der Waals surface area contributed by atoms with E-state index >= 15 is 0 Å². The Kier molecular flexibility index (Phi) is 13.5. The van der Waals surface area contributed by atoms with E-state index < -0.39 is 52.9 Å². The lowest BCUT2D eigenvalue weighted by molar-refractivity contribution is -0.130. The minimum atomic E-state index is -3.89. The Labute approximate surface area is 278 Å². The standard InChI is InChI=1S/C35H50N4O7S/c1-4-8-30(37-33(41)23-36-47(44,45)39-17-19-46-20-18-39)35(43)38-31(34(42)32(40)21-24(2)3)22-25-13-15-27(16-14-25)29-12-7-10-26-9-5-6-11-28(26)29/h4-7,9-12,15,24-25,30-32,34,36,40,42H,1,8,13-14,16-23H2,2-3H3,(H,37,41)(H,38,43)/t25?,30-,31-,32-,34+/m0/s1. The summed E-state index contributed by atoms with van der Waals surface area (Å²) in [5.41, 5.74) is 2.49. The molecule has 0 spiro atoms. The van der Waals surface area contributed by atoms with E-state index in [1.54, 1.807) is 0 Å². The van der Waals surface area contributed by atoms with Gasteiger partial charge in [-0.15, -0.1) is 6.58 Å². The van der Waals surface area contributed by atoms with Crippen molar-refractivity contribution in [3.63, 3.8) is 0 Å². The molecule has 5 atom stereocenters. The summed E-state index contributed by atoms with van der Waals surface area (Å²) < 4.78 is 33.8. The number of nitrogens with one attached hydrogen (secondary N) is 3. The summed E-state index contributed by atoms with van der Waals surface area (Å²) in [6, 6.07) is 12.8. The van der Waals surface area contributed by atoms with Crippen LogP contribution in [0.5, 0.6) is 0 Å². The number of fused-ring (bicyclic) bond motifs is 1. The summed E-state index contributed by atoms with van der Waals surface area (Å²) in [5.74, 6) is -0.940. The van der Waals surface area contributed by atoms with Crippen molar-refractivity contribution in [1.82, 2.24) is 19.7 Å². The highest BCUT2D eigenvalue weighted by Crippen LogP contribution is 2.36. The van der Waals surface area contributed by atoms with Gasteiger partial charge >= 0.3 is 0 Å². The Morgan fingerprint density at radius 1 is 1.09 bits per heavy atom. The SMILES string of the molecule is C=CC[C@H](NC(=O)CNS(=O)(=O)N1CCOCC1)C(=O)N[C@@H](CC1CC=C(c2cccc3ccccc23)CC1)[C@@H](O)[C@@H](O)CC(C)C. The average molecular weight is 671 g/mol. The lowest BCUT2D eigenvalue weighted by Gasteiger charge is -2.33. The van der Waals surface area contributed by atoms with Crippen molar-refractivity contribution in [3.05, 3.63) is 66.8 Å². The second-order valence-electron chi connectivity index (χ2n) is 12.9. The van der Waals surface area contributed by atoms with Gasteiger partial charge in [-0.3, -0.25) is 9.59 Å². The zero-order valence-electron chi connectivity index (χ0n) is 27.4. The predicted molar refractivity (Wildman–Crippen MR) is 183 cm³/mol. The van der Waals surface area contributed by atoms with Crippen LogP contribution >= 0.6 is 0 Å². The smallest absolute Gasteiger partial charge is 0.280 e. The van der Waals surface area contributed by atoms with E-state index in [2.05, 4.69) is 58.3 Å². The van der Waals surface area contributed by atoms with Crippen LogP contribution in [0.1, 0.15) is 57.9 Å². The first-order valence-corrected chi connectivity index (χ1v) is 18.0. The fourth-order valence-corrected chi connectivity index (χ4v) is 7.47. The highest BCUT2D eigenvalue weighted by Gasteiger charge is 2.33. The monoisotopic (exact) mass is 670 g/mol. The topological polar surface area (TPSA) is 157 Å². The van der Waals surface area contributed by atoms with Crippen molar-refractivity contribution >= 4 is 38.4 Å². The number of aliphatic hydroxyl groups excluding tert-OH is 2. The van der Waals surface area contributed by atoms with Gasteiger partial charge in [-0.25, -0.2) is 0 Å². The van der Waals surface area contributed by atoms with Gasteiger partial charge in [-0.2, -0.15) is 17.4 Å². The molecular weight excluding hydrogens is 620 g/mol. The van der Waals surface area contributed by atoms with Gasteiger partial charge in [0.25, 0.3) is 10.2 Å². The second kappa shape index (κ2) is 17.3. The van der Waals surface area contributed by atoms with E-state index in [4.69, 9.17) is 4.74 Å². The molecule has 2 aromatic rings. The molecule has 5 N–H and O–H groups in total. The van der Waals surface area contributed by atoms with E-state index in [0.29, 0.717) is 12.8 Å². The normalized spacial score (nSPS) is 20.2. The molecule has 1 saturated heterocycles. The minimum absolute atomic E-state index is 0.0890. The molecule has 0 radical (unpaired) electrons. The first kappa shape index (κ1) is 36.7. The highest BCUT2D eigenvalue weighted by molar-refractivity contribution is 7.87. The maximum Gasteiger partial charge on any atom is 0.280 e. The summed E-state index contributed by atoms with van der Waals surface area (Å²) in [6.07, 6.45) is 4.81. The molecule has 0 aromatic heterocycles. The number of ether oxygens (including phenoxy) is 1. The van der Waals surface area contributed by atoms with Crippen LogP contribution in [0.15, 0.2) is 61.2 Å². The average Bonchev–Trinajstić information content (AvgIpc) is 3.06. The third kappa shape index (κ3) is 10.4. The van der Waals surface area contributed by atoms with Crippen molar-refractivity contribution in [2.24, 2.45) is 11.8 Å². The molecule has 1 heterocycles. The van der Waals surface area contributed by atoms with Crippen molar-refractivity contribution < 1.29 is 33.0 Å². The predicted octanol–water partition coefficient (Wildman–Crippen LogP) is 2.89. The third-order valence-corrected chi connectivity index (χ3v) is 10.4. The third-order valence-electron chi connectivity index (χ3n) is 8.87. The minimum Gasteiger partial charge on any atom is -0.390 e. The van der Waals surface area contributed by atoms with E-state index in [-0.39, 0.29) is 44.6 Å². The molecule has 2 aliphatic rings. The van der Waals surface area contributed by atoms with Gasteiger partial charge in [0.1, 0.15) is 12.1 Å². The number of allylic oxidation sites excluding steroid dienone is 2. The Morgan fingerprint density at radius 3 is 2.49 bits per heavy atom. The van der Waals surface area contributed by atoms with Crippen molar-refractivity contribution in [2.75, 3.05) is 32.8 Å². The van der Waals surface area contributed by atoms with E-state index in [9.17, 15) is 28.2 Å². The van der Waals surface area contributed by atoms with Gasteiger partial charge in [-0.05, 0) is 72.3 Å². The molecule has 258 valence electrons. The molecule has 1 fully saturated rings. The number of benzene rings is 2. The zero-order chi connectivity index (χ0) is 34.0. The summed E-state index contributed by atoms with van der Waals surface area (Å²) >= 11 is 0. The van der Waals surface area contributed by atoms with E-state index in [0.717, 1.165) is 19.3 Å². The van der Waals surface area contributed by atoms with Crippen molar-refractivity contribution in [2.45, 2.75) is 76.7 Å². The van der Waals surface area contributed by atoms with Crippen LogP contribution in [-0.2, 0) is 24.5 Å². The quantitative estimate of drug-likeness (QED) is 0.172. The number of morpholine rings is 1. The molecule has 4 rings (SSSR count). The van der Waals surface area contributed by atoms with Crippen LogP contribution in [0.2, 0.25) is 0 Å². The van der Waals surface area contributed by atoms with Crippen LogP contribution in [-0.4, -0.2) is 91.9 Å². The molecule has 0 bridgehead atoms.